The van der Waals surface area contributed by atoms with E-state index in [9.17, 15) is 9.59 Å². The molecule has 4 nitrogen and oxygen atoms in total. The van der Waals surface area contributed by atoms with Gasteiger partial charge in [0.15, 0.2) is 5.78 Å². The number of H-pyrrole nitrogens is 2. The molecule has 0 aliphatic rings. The zero-order valence-corrected chi connectivity index (χ0v) is 10.6. The number of aromatic amines is 2. The number of aromatic nitrogens is 2. The van der Waals surface area contributed by atoms with E-state index >= 15 is 0 Å². The number of hydrogen-bond acceptors (Lipinski definition) is 2. The molecular weight excluding hydrogens is 295 g/mol. The lowest BCUT2D eigenvalue weighted by molar-refractivity contribution is 0.0991. The maximum Gasteiger partial charge on any atom is 0.323 e. The summed E-state index contributed by atoms with van der Waals surface area (Å²) in [6.07, 6.45) is 0. The first-order chi connectivity index (χ1) is 7.49. The second-order valence-corrected chi connectivity index (χ2v) is 4.95. The minimum Gasteiger partial charge on any atom is -0.306 e. The summed E-state index contributed by atoms with van der Waals surface area (Å²) >= 11 is 9.02. The Labute approximate surface area is 104 Å². The van der Waals surface area contributed by atoms with Gasteiger partial charge in [0.1, 0.15) is 0 Å². The van der Waals surface area contributed by atoms with Gasteiger partial charge in [0.2, 0.25) is 0 Å². The molecule has 0 saturated heterocycles. The molecule has 2 aromatic rings. The third-order valence-corrected chi connectivity index (χ3v) is 3.08. The first kappa shape index (κ1) is 11.4. The van der Waals surface area contributed by atoms with Crippen LogP contribution in [0.1, 0.15) is 17.3 Å². The minimum atomic E-state index is -0.598. The summed E-state index contributed by atoms with van der Waals surface area (Å²) in [4.78, 5) is 28.0. The second-order valence-electron chi connectivity index (χ2n) is 3.44. The first-order valence-corrected chi connectivity index (χ1v) is 5.82. The zero-order chi connectivity index (χ0) is 11.9. The summed E-state index contributed by atoms with van der Waals surface area (Å²) in [5.74, 6) is -0.183. The number of benzene rings is 1. The molecule has 6 heteroatoms. The molecule has 0 spiro atoms. The van der Waals surface area contributed by atoms with Crippen molar-refractivity contribution in [3.05, 3.63) is 32.7 Å². The van der Waals surface area contributed by atoms with Gasteiger partial charge in [0, 0.05) is 10.0 Å². The summed E-state index contributed by atoms with van der Waals surface area (Å²) in [5, 5.41) is -0.598. The molecule has 0 radical (unpaired) electrons. The molecule has 84 valence electrons. The number of hydrogen-bond donors (Lipinski definition) is 2. The van der Waals surface area contributed by atoms with E-state index in [4.69, 9.17) is 11.6 Å². The highest BCUT2D eigenvalue weighted by Gasteiger charge is 2.16. The highest BCUT2D eigenvalue weighted by Crippen LogP contribution is 2.23. The van der Waals surface area contributed by atoms with Crippen LogP contribution in [0.5, 0.6) is 0 Å². The lowest BCUT2D eigenvalue weighted by Crippen LogP contribution is -2.11. The molecule has 0 aliphatic carbocycles. The van der Waals surface area contributed by atoms with Crippen LogP contribution in [-0.4, -0.2) is 21.1 Å². The third kappa shape index (κ3) is 1.92. The van der Waals surface area contributed by atoms with Crippen LogP contribution >= 0.6 is 27.5 Å². The van der Waals surface area contributed by atoms with Gasteiger partial charge >= 0.3 is 5.69 Å². The SMILES string of the molecule is CC(Cl)C(=O)c1cc2[nH]c(=O)[nH]c2cc1Br. The van der Waals surface area contributed by atoms with Gasteiger partial charge in [-0.1, -0.05) is 0 Å². The lowest BCUT2D eigenvalue weighted by atomic mass is 10.1. The minimum absolute atomic E-state index is 0.183. The second kappa shape index (κ2) is 4.07. The van der Waals surface area contributed by atoms with Crippen molar-refractivity contribution >= 4 is 44.3 Å². The van der Waals surface area contributed by atoms with E-state index in [2.05, 4.69) is 25.9 Å². The van der Waals surface area contributed by atoms with Crippen LogP contribution in [0.15, 0.2) is 21.4 Å². The number of carbonyl (C=O) groups excluding carboxylic acids is 1. The van der Waals surface area contributed by atoms with Crippen LogP contribution in [0, 0.1) is 0 Å². The van der Waals surface area contributed by atoms with Crippen LogP contribution in [0.25, 0.3) is 11.0 Å². The molecule has 0 saturated carbocycles. The molecule has 0 fully saturated rings. The van der Waals surface area contributed by atoms with E-state index in [0.29, 0.717) is 21.1 Å². The molecule has 1 heterocycles. The van der Waals surface area contributed by atoms with Gasteiger partial charge in [-0.2, -0.15) is 0 Å². The van der Waals surface area contributed by atoms with Crippen LogP contribution in [0.4, 0.5) is 0 Å². The molecule has 16 heavy (non-hydrogen) atoms. The van der Waals surface area contributed by atoms with E-state index in [1.54, 1.807) is 19.1 Å². The van der Waals surface area contributed by atoms with Crippen molar-refractivity contribution in [2.45, 2.75) is 12.3 Å². The average Bonchev–Trinajstić information content (AvgIpc) is 2.54. The number of halogens is 2. The number of Topliss-reactive ketones (excluding diaryl/α,β-unsaturated/α-hetero) is 1. The largest absolute Gasteiger partial charge is 0.323 e. The molecule has 2 rings (SSSR count). The average molecular weight is 304 g/mol. The Kier molecular flexibility index (Phi) is 2.90. The number of imidazole rings is 1. The molecule has 0 bridgehead atoms. The fraction of sp³-hybridized carbons (Fsp3) is 0.200. The smallest absolute Gasteiger partial charge is 0.306 e. The maximum atomic E-state index is 11.8. The van der Waals surface area contributed by atoms with E-state index in [1.165, 1.54) is 0 Å². The Hall–Kier alpha value is -1.07. The van der Waals surface area contributed by atoms with Crippen molar-refractivity contribution in [2.24, 2.45) is 0 Å². The van der Waals surface area contributed by atoms with E-state index < -0.39 is 5.38 Å². The Morgan fingerprint density at radius 1 is 1.38 bits per heavy atom. The van der Waals surface area contributed by atoms with Gasteiger partial charge in [-0.15, -0.1) is 11.6 Å². The van der Waals surface area contributed by atoms with Gasteiger partial charge in [0.25, 0.3) is 0 Å². The summed E-state index contributed by atoms with van der Waals surface area (Å²) in [5.41, 5.74) is 1.40. The number of fused-ring (bicyclic) bond motifs is 1. The normalized spacial score (nSPS) is 12.9. The predicted octanol–water partition coefficient (Wildman–Crippen LogP) is 2.43. The lowest BCUT2D eigenvalue weighted by Gasteiger charge is -2.05. The Morgan fingerprint density at radius 2 is 1.94 bits per heavy atom. The maximum absolute atomic E-state index is 11.8. The first-order valence-electron chi connectivity index (χ1n) is 4.59. The van der Waals surface area contributed by atoms with Crippen LogP contribution < -0.4 is 5.69 Å². The summed E-state index contributed by atoms with van der Waals surface area (Å²) < 4.78 is 0.618. The molecule has 0 amide bonds. The number of rotatable bonds is 2. The summed E-state index contributed by atoms with van der Waals surface area (Å²) in [6.45, 7) is 1.61. The third-order valence-electron chi connectivity index (χ3n) is 2.23. The summed E-state index contributed by atoms with van der Waals surface area (Å²) in [7, 11) is 0. The van der Waals surface area contributed by atoms with Crippen molar-refractivity contribution in [3.63, 3.8) is 0 Å². The predicted molar refractivity (Wildman–Crippen MR) is 66.3 cm³/mol. The Balaban J connectivity index is 2.66. The highest BCUT2D eigenvalue weighted by atomic mass is 79.9. The fourth-order valence-corrected chi connectivity index (χ4v) is 2.12. The topological polar surface area (TPSA) is 65.7 Å². The number of nitrogens with one attached hydrogen (secondary N) is 2. The van der Waals surface area contributed by atoms with Crippen LogP contribution in [0.3, 0.4) is 0 Å². The standard InChI is InChI=1S/C10H8BrClN2O2/c1-4(12)9(15)5-2-7-8(3-6(5)11)14-10(16)13-7/h2-4H,1H3,(H2,13,14,16). The Bertz CT molecular complexity index is 615. The molecule has 0 aliphatic heterocycles. The van der Waals surface area contributed by atoms with Gasteiger partial charge in [-0.3, -0.25) is 4.79 Å². The van der Waals surface area contributed by atoms with Crippen LogP contribution in [-0.2, 0) is 0 Å². The molecule has 2 N–H and O–H groups in total. The summed E-state index contributed by atoms with van der Waals surface area (Å²) in [6, 6.07) is 3.29. The molecule has 1 atom stereocenters. The van der Waals surface area contributed by atoms with E-state index in [1.807, 2.05) is 0 Å². The zero-order valence-electron chi connectivity index (χ0n) is 8.30. The van der Waals surface area contributed by atoms with Crippen LogP contribution in [0.2, 0.25) is 0 Å². The highest BCUT2D eigenvalue weighted by molar-refractivity contribution is 9.10. The van der Waals surface area contributed by atoms with Crippen molar-refractivity contribution in [1.82, 2.24) is 9.97 Å². The molecular formula is C10H8BrClN2O2. The van der Waals surface area contributed by atoms with Crippen molar-refractivity contribution in [3.8, 4) is 0 Å². The number of ketones is 1. The van der Waals surface area contributed by atoms with Crippen molar-refractivity contribution in [2.75, 3.05) is 0 Å². The van der Waals surface area contributed by atoms with Crippen molar-refractivity contribution < 1.29 is 4.79 Å². The van der Waals surface area contributed by atoms with Gasteiger partial charge in [-0.05, 0) is 35.0 Å². The molecule has 1 unspecified atom stereocenters. The van der Waals surface area contributed by atoms with E-state index in [-0.39, 0.29) is 11.5 Å². The molecule has 1 aromatic heterocycles. The number of carbonyl (C=O) groups is 1. The number of alkyl halides is 1. The fourth-order valence-electron chi connectivity index (χ4n) is 1.46. The van der Waals surface area contributed by atoms with Gasteiger partial charge in [0.05, 0.1) is 16.4 Å². The van der Waals surface area contributed by atoms with Gasteiger partial charge in [-0.25, -0.2) is 4.79 Å². The monoisotopic (exact) mass is 302 g/mol. The van der Waals surface area contributed by atoms with Gasteiger partial charge < -0.3 is 9.97 Å². The quantitative estimate of drug-likeness (QED) is 0.661. The van der Waals surface area contributed by atoms with E-state index in [0.717, 1.165) is 0 Å². The van der Waals surface area contributed by atoms with Crippen molar-refractivity contribution in [1.29, 1.82) is 0 Å². The Morgan fingerprint density at radius 3 is 2.50 bits per heavy atom. The molecule has 1 aromatic carbocycles.